The monoisotopic (exact) mass is 384 g/mol. The van der Waals surface area contributed by atoms with Crippen LogP contribution < -0.4 is 10.1 Å². The van der Waals surface area contributed by atoms with Gasteiger partial charge in [-0.3, -0.25) is 9.59 Å². The molecule has 3 aromatic carbocycles. The van der Waals surface area contributed by atoms with Gasteiger partial charge in [-0.15, -0.1) is 0 Å². The van der Waals surface area contributed by atoms with E-state index in [0.717, 1.165) is 5.56 Å². The molecule has 3 rings (SSSR count). The zero-order valence-electron chi connectivity index (χ0n) is 16.2. The fourth-order valence-corrected chi connectivity index (χ4v) is 2.80. The molecule has 0 aromatic heterocycles. The van der Waals surface area contributed by atoms with Crippen molar-refractivity contribution in [2.45, 2.75) is 20.0 Å². The molecule has 29 heavy (non-hydrogen) atoms. The smallest absolute Gasteiger partial charge is 0.255 e. The zero-order valence-corrected chi connectivity index (χ0v) is 16.2. The molecule has 3 aromatic rings. The number of nitrogens with zero attached hydrogens (tertiary/aromatic N) is 1. The Morgan fingerprint density at radius 2 is 1.66 bits per heavy atom. The number of anilines is 1. The van der Waals surface area contributed by atoms with Crippen molar-refractivity contribution in [3.63, 3.8) is 0 Å². The van der Waals surface area contributed by atoms with Crippen molar-refractivity contribution in [1.82, 2.24) is 0 Å². The molecule has 0 saturated carbocycles. The number of nitrogens with one attached hydrogen (secondary N) is 1. The molecule has 1 amide bonds. The van der Waals surface area contributed by atoms with Crippen LogP contribution in [0.2, 0.25) is 0 Å². The van der Waals surface area contributed by atoms with Gasteiger partial charge in [0, 0.05) is 16.8 Å². The van der Waals surface area contributed by atoms with Gasteiger partial charge in [-0.25, -0.2) is 0 Å². The summed E-state index contributed by atoms with van der Waals surface area (Å²) in [6.07, 6.45) is -0.243. The topological polar surface area (TPSA) is 79.2 Å². The molecule has 0 radical (unpaired) electrons. The fraction of sp³-hybridized carbons (Fsp3) is 0.125. The minimum absolute atomic E-state index is 0.0195. The maximum Gasteiger partial charge on any atom is 0.255 e. The van der Waals surface area contributed by atoms with Gasteiger partial charge in [-0.05, 0) is 61.9 Å². The van der Waals surface area contributed by atoms with Crippen molar-refractivity contribution in [2.75, 3.05) is 5.32 Å². The molecule has 144 valence electrons. The Kier molecular flexibility index (Phi) is 6.06. The molecule has 0 fully saturated rings. The molecule has 0 heterocycles. The van der Waals surface area contributed by atoms with E-state index in [1.165, 1.54) is 6.92 Å². The summed E-state index contributed by atoms with van der Waals surface area (Å²) < 4.78 is 5.97. The molecule has 0 aliphatic heterocycles. The van der Waals surface area contributed by atoms with Crippen molar-refractivity contribution in [1.29, 1.82) is 5.26 Å². The normalized spacial score (nSPS) is 11.2. The van der Waals surface area contributed by atoms with Gasteiger partial charge in [-0.2, -0.15) is 5.26 Å². The lowest BCUT2D eigenvalue weighted by Crippen LogP contribution is -2.12. The first-order valence-electron chi connectivity index (χ1n) is 9.15. The van der Waals surface area contributed by atoms with E-state index in [0.29, 0.717) is 28.1 Å². The molecule has 1 N–H and O–H groups in total. The molecule has 1 atom stereocenters. The number of amides is 1. The molecule has 0 aliphatic rings. The van der Waals surface area contributed by atoms with E-state index >= 15 is 0 Å². The van der Waals surface area contributed by atoms with Crippen LogP contribution in [0, 0.1) is 11.3 Å². The Balaban J connectivity index is 1.68. The lowest BCUT2D eigenvalue weighted by Gasteiger charge is -2.16. The number of ether oxygens (including phenoxy) is 1. The van der Waals surface area contributed by atoms with Crippen molar-refractivity contribution < 1.29 is 14.3 Å². The highest BCUT2D eigenvalue weighted by molar-refractivity contribution is 6.04. The van der Waals surface area contributed by atoms with Crippen LogP contribution in [0.25, 0.3) is 0 Å². The van der Waals surface area contributed by atoms with Crippen LogP contribution in [-0.2, 0) is 0 Å². The number of carbonyl (C=O) groups excluding carboxylic acids is 2. The van der Waals surface area contributed by atoms with E-state index < -0.39 is 0 Å². The van der Waals surface area contributed by atoms with E-state index in [4.69, 9.17) is 10.00 Å². The predicted molar refractivity (Wildman–Crippen MR) is 111 cm³/mol. The highest BCUT2D eigenvalue weighted by Gasteiger charge is 2.11. The van der Waals surface area contributed by atoms with Gasteiger partial charge < -0.3 is 10.1 Å². The van der Waals surface area contributed by atoms with Gasteiger partial charge in [0.25, 0.3) is 5.91 Å². The van der Waals surface area contributed by atoms with Crippen LogP contribution in [0.3, 0.4) is 0 Å². The van der Waals surface area contributed by atoms with E-state index in [1.807, 2.05) is 25.1 Å². The Labute approximate surface area is 169 Å². The van der Waals surface area contributed by atoms with Gasteiger partial charge >= 0.3 is 0 Å². The summed E-state index contributed by atoms with van der Waals surface area (Å²) in [5.74, 6) is 0.324. The lowest BCUT2D eigenvalue weighted by molar-refractivity contribution is 0.101. The fourth-order valence-electron chi connectivity index (χ4n) is 2.80. The van der Waals surface area contributed by atoms with E-state index in [-0.39, 0.29) is 17.8 Å². The molecular formula is C24H20N2O3. The second-order valence-electron chi connectivity index (χ2n) is 6.61. The highest BCUT2D eigenvalue weighted by Crippen LogP contribution is 2.23. The number of hydrogen-bond acceptors (Lipinski definition) is 4. The number of hydrogen-bond donors (Lipinski definition) is 1. The van der Waals surface area contributed by atoms with Gasteiger partial charge in [0.1, 0.15) is 11.9 Å². The largest absolute Gasteiger partial charge is 0.486 e. The van der Waals surface area contributed by atoms with Crippen molar-refractivity contribution in [3.05, 3.63) is 95.1 Å². The minimum atomic E-state index is -0.265. The quantitative estimate of drug-likeness (QED) is 0.596. The summed E-state index contributed by atoms with van der Waals surface area (Å²) in [5, 5.41) is 11.6. The maximum atomic E-state index is 12.5. The summed E-state index contributed by atoms with van der Waals surface area (Å²) in [7, 11) is 0. The van der Waals surface area contributed by atoms with Crippen molar-refractivity contribution in [2.24, 2.45) is 0 Å². The van der Waals surface area contributed by atoms with Crippen molar-refractivity contribution in [3.8, 4) is 11.8 Å². The second-order valence-corrected chi connectivity index (χ2v) is 6.61. The third-order valence-corrected chi connectivity index (χ3v) is 4.47. The minimum Gasteiger partial charge on any atom is -0.486 e. The third-order valence-electron chi connectivity index (χ3n) is 4.47. The van der Waals surface area contributed by atoms with Gasteiger partial charge in [0.05, 0.1) is 11.6 Å². The van der Waals surface area contributed by atoms with Crippen LogP contribution in [0.4, 0.5) is 5.69 Å². The Morgan fingerprint density at radius 3 is 2.28 bits per heavy atom. The molecule has 0 spiro atoms. The number of Topliss-reactive ketones (excluding diaryl/α,β-unsaturated/α-hetero) is 1. The first-order chi connectivity index (χ1) is 14.0. The number of benzene rings is 3. The highest BCUT2D eigenvalue weighted by atomic mass is 16.5. The Morgan fingerprint density at radius 1 is 0.966 bits per heavy atom. The molecule has 5 nitrogen and oxygen atoms in total. The average Bonchev–Trinajstić information content (AvgIpc) is 2.74. The summed E-state index contributed by atoms with van der Waals surface area (Å²) in [5.41, 5.74) is 3.19. The van der Waals surface area contributed by atoms with Gasteiger partial charge in [0.2, 0.25) is 0 Å². The van der Waals surface area contributed by atoms with E-state index in [2.05, 4.69) is 5.32 Å². The maximum absolute atomic E-state index is 12.5. The van der Waals surface area contributed by atoms with Crippen LogP contribution in [0.5, 0.6) is 5.75 Å². The van der Waals surface area contributed by atoms with Gasteiger partial charge in [0.15, 0.2) is 5.78 Å². The molecular weight excluding hydrogens is 364 g/mol. The predicted octanol–water partition coefficient (Wildman–Crippen LogP) is 5.15. The molecule has 0 unspecified atom stereocenters. The SMILES string of the molecule is CC(=O)c1ccc([C@H](C)Oc2cccc(C(=O)Nc3ccc(C#N)cc3)c2)cc1. The standard InChI is InChI=1S/C24H20N2O3/c1-16(27)19-8-10-20(11-9-19)17(2)29-23-5-3-4-21(14-23)24(28)26-22-12-6-18(15-25)7-13-22/h3-14,17H,1-2H3,(H,26,28)/t17-/m0/s1. The second kappa shape index (κ2) is 8.85. The number of ketones is 1. The first kappa shape index (κ1) is 19.8. The Hall–Kier alpha value is -3.91. The van der Waals surface area contributed by atoms with Crippen LogP contribution >= 0.6 is 0 Å². The summed E-state index contributed by atoms with van der Waals surface area (Å²) >= 11 is 0. The average molecular weight is 384 g/mol. The van der Waals surface area contributed by atoms with Gasteiger partial charge in [-0.1, -0.05) is 30.3 Å². The lowest BCUT2D eigenvalue weighted by atomic mass is 10.1. The van der Waals surface area contributed by atoms with Crippen LogP contribution in [0.1, 0.15) is 51.8 Å². The van der Waals surface area contributed by atoms with E-state index in [1.54, 1.807) is 60.7 Å². The summed E-state index contributed by atoms with van der Waals surface area (Å²) in [6.45, 7) is 3.44. The van der Waals surface area contributed by atoms with Crippen LogP contribution in [-0.4, -0.2) is 11.7 Å². The number of nitriles is 1. The van der Waals surface area contributed by atoms with Crippen molar-refractivity contribution >= 4 is 17.4 Å². The molecule has 0 saturated heterocycles. The Bertz CT molecular complexity index is 1060. The first-order valence-corrected chi connectivity index (χ1v) is 9.15. The zero-order chi connectivity index (χ0) is 20.8. The summed E-state index contributed by atoms with van der Waals surface area (Å²) in [6, 6.07) is 22.9. The summed E-state index contributed by atoms with van der Waals surface area (Å²) in [4.78, 5) is 23.9. The number of carbonyl (C=O) groups is 2. The molecule has 0 bridgehead atoms. The molecule has 5 heteroatoms. The van der Waals surface area contributed by atoms with Crippen LogP contribution in [0.15, 0.2) is 72.8 Å². The number of rotatable bonds is 6. The molecule has 0 aliphatic carbocycles. The third kappa shape index (κ3) is 5.08. The van der Waals surface area contributed by atoms with E-state index in [9.17, 15) is 9.59 Å².